The van der Waals surface area contributed by atoms with Crippen molar-refractivity contribution in [3.8, 4) is 17.2 Å². The van der Waals surface area contributed by atoms with Gasteiger partial charge >= 0.3 is 0 Å². The molecule has 0 unspecified atom stereocenters. The van der Waals surface area contributed by atoms with E-state index < -0.39 is 16.7 Å². The number of carbonyl (C=O) groups is 2. The van der Waals surface area contributed by atoms with E-state index in [0.29, 0.717) is 30.5 Å². The van der Waals surface area contributed by atoms with Gasteiger partial charge in [-0.05, 0) is 24.3 Å². The van der Waals surface area contributed by atoms with Crippen molar-refractivity contribution in [3.63, 3.8) is 0 Å². The molecule has 0 saturated carbocycles. The van der Waals surface area contributed by atoms with Crippen LogP contribution in [0.5, 0.6) is 17.2 Å². The van der Waals surface area contributed by atoms with Crippen molar-refractivity contribution < 1.29 is 28.7 Å². The van der Waals surface area contributed by atoms with Crippen molar-refractivity contribution in [2.75, 3.05) is 20.3 Å². The van der Waals surface area contributed by atoms with Gasteiger partial charge in [0, 0.05) is 23.3 Å². The molecule has 2 aromatic rings. The van der Waals surface area contributed by atoms with E-state index in [0.717, 1.165) is 0 Å². The number of fused-ring (bicyclic) bond motifs is 1. The first-order valence-corrected chi connectivity index (χ1v) is 7.82. The zero-order valence-corrected chi connectivity index (χ0v) is 14.2. The van der Waals surface area contributed by atoms with Gasteiger partial charge in [-0.25, -0.2) is 0 Å². The minimum atomic E-state index is -0.622. The maximum atomic E-state index is 12.3. The number of nitrogens with zero attached hydrogens (tertiary/aromatic N) is 1. The zero-order valence-electron chi connectivity index (χ0n) is 14.2. The van der Waals surface area contributed by atoms with E-state index in [9.17, 15) is 19.7 Å². The van der Waals surface area contributed by atoms with Crippen LogP contribution in [0.4, 0.5) is 5.69 Å². The summed E-state index contributed by atoms with van der Waals surface area (Å²) in [6, 6.07) is 7.90. The van der Waals surface area contributed by atoms with Gasteiger partial charge in [0.15, 0.2) is 11.5 Å². The number of non-ortho nitro benzene ring substituents is 1. The van der Waals surface area contributed by atoms with Gasteiger partial charge in [0.25, 0.3) is 17.5 Å². The summed E-state index contributed by atoms with van der Waals surface area (Å²) in [4.78, 5) is 34.4. The number of hydrazine groups is 1. The number of amides is 2. The molecule has 10 nitrogen and oxygen atoms in total. The highest BCUT2D eigenvalue weighted by molar-refractivity contribution is 5.99. The fourth-order valence-corrected chi connectivity index (χ4v) is 2.40. The first-order chi connectivity index (χ1) is 13.0. The highest BCUT2D eigenvalue weighted by Gasteiger charge is 2.21. The number of ether oxygens (including phenoxy) is 3. The number of hydrogen-bond donors (Lipinski definition) is 2. The van der Waals surface area contributed by atoms with E-state index in [1.807, 2.05) is 0 Å². The van der Waals surface area contributed by atoms with Crippen LogP contribution in [0.15, 0.2) is 36.4 Å². The maximum Gasteiger partial charge on any atom is 0.269 e. The highest BCUT2D eigenvalue weighted by Crippen LogP contribution is 2.40. The van der Waals surface area contributed by atoms with Crippen molar-refractivity contribution in [2.45, 2.75) is 0 Å². The van der Waals surface area contributed by atoms with Gasteiger partial charge in [0.2, 0.25) is 5.75 Å². The van der Waals surface area contributed by atoms with Crippen LogP contribution >= 0.6 is 0 Å². The Bertz CT molecular complexity index is 879. The number of carbonyl (C=O) groups excluding carboxylic acids is 2. The Hall–Kier alpha value is -3.82. The Kier molecular flexibility index (Phi) is 5.06. The van der Waals surface area contributed by atoms with E-state index in [-0.39, 0.29) is 16.8 Å². The summed E-state index contributed by atoms with van der Waals surface area (Å²) in [6.45, 7) is 0.721. The van der Waals surface area contributed by atoms with Crippen molar-refractivity contribution in [3.05, 3.63) is 57.6 Å². The number of nitro benzene ring substituents is 1. The molecule has 2 N–H and O–H groups in total. The third-order valence-electron chi connectivity index (χ3n) is 3.72. The average Bonchev–Trinajstić information content (AvgIpc) is 2.70. The summed E-state index contributed by atoms with van der Waals surface area (Å²) in [7, 11) is 1.44. The lowest BCUT2D eigenvalue weighted by Gasteiger charge is -2.21. The molecular formula is C17H15N3O7. The molecule has 1 heterocycles. The van der Waals surface area contributed by atoms with Gasteiger partial charge in [0.05, 0.1) is 12.0 Å². The second-order valence-electron chi connectivity index (χ2n) is 5.41. The standard InChI is InChI=1S/C17H15N3O7/c1-25-13-8-11(9-14-15(13)27-7-6-26-14)17(22)19-18-16(21)10-2-4-12(5-3-10)20(23)24/h2-5,8-9H,6-7H2,1H3,(H,18,21)(H,19,22). The molecule has 0 aromatic heterocycles. The van der Waals surface area contributed by atoms with Crippen LogP contribution in [0.3, 0.4) is 0 Å². The first-order valence-electron chi connectivity index (χ1n) is 7.82. The van der Waals surface area contributed by atoms with Crippen molar-refractivity contribution in [2.24, 2.45) is 0 Å². The van der Waals surface area contributed by atoms with Crippen LogP contribution in [-0.2, 0) is 0 Å². The Balaban J connectivity index is 1.68. The predicted molar refractivity (Wildman–Crippen MR) is 92.0 cm³/mol. The minimum absolute atomic E-state index is 0.140. The van der Waals surface area contributed by atoms with Crippen LogP contribution in [0.2, 0.25) is 0 Å². The second kappa shape index (κ2) is 7.60. The molecule has 27 heavy (non-hydrogen) atoms. The van der Waals surface area contributed by atoms with Crippen LogP contribution in [0, 0.1) is 10.1 Å². The van der Waals surface area contributed by atoms with Crippen molar-refractivity contribution in [1.82, 2.24) is 10.9 Å². The monoisotopic (exact) mass is 373 g/mol. The van der Waals surface area contributed by atoms with E-state index in [4.69, 9.17) is 14.2 Å². The molecule has 140 valence electrons. The molecule has 0 atom stereocenters. The molecule has 0 fully saturated rings. The molecule has 10 heteroatoms. The molecular weight excluding hydrogens is 358 g/mol. The Morgan fingerprint density at radius 1 is 1.04 bits per heavy atom. The van der Waals surface area contributed by atoms with Gasteiger partial charge < -0.3 is 14.2 Å². The predicted octanol–water partition coefficient (Wildman–Crippen LogP) is 1.45. The van der Waals surface area contributed by atoms with Gasteiger partial charge in [-0.15, -0.1) is 0 Å². The lowest BCUT2D eigenvalue weighted by molar-refractivity contribution is -0.384. The van der Waals surface area contributed by atoms with Crippen molar-refractivity contribution in [1.29, 1.82) is 0 Å². The molecule has 0 saturated heterocycles. The molecule has 1 aliphatic heterocycles. The Morgan fingerprint density at radius 2 is 1.67 bits per heavy atom. The summed E-state index contributed by atoms with van der Waals surface area (Å²) in [5.74, 6) is -0.106. The molecule has 2 aromatic carbocycles. The maximum absolute atomic E-state index is 12.3. The number of rotatable bonds is 4. The zero-order chi connectivity index (χ0) is 19.4. The second-order valence-corrected chi connectivity index (χ2v) is 5.41. The van der Waals surface area contributed by atoms with Gasteiger partial charge in [-0.3, -0.25) is 30.6 Å². The molecule has 0 radical (unpaired) electrons. The normalized spacial score (nSPS) is 12.0. The topological polar surface area (TPSA) is 129 Å². The molecule has 0 spiro atoms. The van der Waals surface area contributed by atoms with E-state index in [1.54, 1.807) is 0 Å². The van der Waals surface area contributed by atoms with E-state index >= 15 is 0 Å². The smallest absolute Gasteiger partial charge is 0.269 e. The number of nitrogens with one attached hydrogen (secondary N) is 2. The Morgan fingerprint density at radius 3 is 2.30 bits per heavy atom. The summed E-state index contributed by atoms with van der Waals surface area (Å²) in [5, 5.41) is 10.6. The molecule has 2 amide bonds. The summed E-state index contributed by atoms with van der Waals surface area (Å²) in [5.41, 5.74) is 4.72. The summed E-state index contributed by atoms with van der Waals surface area (Å²) < 4.78 is 16.1. The quantitative estimate of drug-likeness (QED) is 0.613. The number of benzene rings is 2. The summed E-state index contributed by atoms with van der Waals surface area (Å²) >= 11 is 0. The first kappa shape index (κ1) is 18.0. The Labute approximate surface area is 153 Å². The van der Waals surface area contributed by atoms with Crippen LogP contribution in [-0.4, -0.2) is 37.1 Å². The third-order valence-corrected chi connectivity index (χ3v) is 3.72. The van der Waals surface area contributed by atoms with E-state index in [1.165, 1.54) is 43.5 Å². The summed E-state index contributed by atoms with van der Waals surface area (Å²) in [6.07, 6.45) is 0. The van der Waals surface area contributed by atoms with Gasteiger partial charge in [-0.2, -0.15) is 0 Å². The lowest BCUT2D eigenvalue weighted by atomic mass is 10.1. The minimum Gasteiger partial charge on any atom is -0.493 e. The van der Waals surface area contributed by atoms with Gasteiger partial charge in [0.1, 0.15) is 13.2 Å². The third kappa shape index (κ3) is 3.89. The largest absolute Gasteiger partial charge is 0.493 e. The van der Waals surface area contributed by atoms with Crippen LogP contribution in [0.25, 0.3) is 0 Å². The SMILES string of the molecule is COc1cc(C(=O)NNC(=O)c2ccc([N+](=O)[O-])cc2)cc2c1OCCO2. The number of nitro groups is 1. The fraction of sp³-hybridized carbons (Fsp3) is 0.176. The number of hydrogen-bond acceptors (Lipinski definition) is 7. The fourth-order valence-electron chi connectivity index (χ4n) is 2.40. The lowest BCUT2D eigenvalue weighted by Crippen LogP contribution is -2.41. The molecule has 0 aliphatic carbocycles. The van der Waals surface area contributed by atoms with Crippen LogP contribution < -0.4 is 25.1 Å². The molecule has 3 rings (SSSR count). The molecule has 0 bridgehead atoms. The molecule has 1 aliphatic rings. The van der Waals surface area contributed by atoms with E-state index in [2.05, 4.69) is 10.9 Å². The van der Waals surface area contributed by atoms with Crippen LogP contribution in [0.1, 0.15) is 20.7 Å². The highest BCUT2D eigenvalue weighted by atomic mass is 16.6. The average molecular weight is 373 g/mol. The van der Waals surface area contributed by atoms with Gasteiger partial charge in [-0.1, -0.05) is 0 Å². The van der Waals surface area contributed by atoms with Crippen molar-refractivity contribution >= 4 is 17.5 Å². The number of methoxy groups -OCH3 is 1.